The smallest absolute Gasteiger partial charge is 0.166 e. The molecule has 1 aliphatic carbocycles. The Morgan fingerprint density at radius 2 is 2.08 bits per heavy atom. The average Bonchev–Trinajstić information content (AvgIpc) is 3.25. The summed E-state index contributed by atoms with van der Waals surface area (Å²) in [6, 6.07) is 6.43. The molecular formula is C21H26N4. The van der Waals surface area contributed by atoms with E-state index in [0.29, 0.717) is 0 Å². The van der Waals surface area contributed by atoms with Gasteiger partial charge in [0.1, 0.15) is 5.84 Å². The summed E-state index contributed by atoms with van der Waals surface area (Å²) in [6.45, 7) is 8.53. The Hall–Kier alpha value is -2.36. The number of para-hydroxylation sites is 1. The number of aryl methyl sites for hydroxylation is 2. The summed E-state index contributed by atoms with van der Waals surface area (Å²) in [6.07, 6.45) is 9.21. The van der Waals surface area contributed by atoms with Crippen LogP contribution in [0.1, 0.15) is 55.7 Å². The van der Waals surface area contributed by atoms with Gasteiger partial charge in [0.05, 0.1) is 17.4 Å². The maximum Gasteiger partial charge on any atom is 0.166 e. The summed E-state index contributed by atoms with van der Waals surface area (Å²) < 4.78 is 2.00. The van der Waals surface area contributed by atoms with E-state index in [2.05, 4.69) is 49.0 Å². The monoisotopic (exact) mass is 334 g/mol. The topological polar surface area (TPSA) is 42.2 Å². The lowest BCUT2D eigenvalue weighted by molar-refractivity contribution is 0.568. The largest absolute Gasteiger partial charge is 0.344 e. The molecule has 1 saturated carbocycles. The molecule has 1 aromatic heterocycles. The fourth-order valence-electron chi connectivity index (χ4n) is 4.12. The van der Waals surface area contributed by atoms with Crippen molar-refractivity contribution in [1.29, 1.82) is 0 Å². The molecule has 130 valence electrons. The van der Waals surface area contributed by atoms with E-state index in [0.717, 1.165) is 47.4 Å². The highest BCUT2D eigenvalue weighted by molar-refractivity contribution is 5.97. The van der Waals surface area contributed by atoms with Crippen molar-refractivity contribution in [3.63, 3.8) is 0 Å². The van der Waals surface area contributed by atoms with E-state index in [-0.39, 0.29) is 0 Å². The molecule has 0 amide bonds. The molecule has 4 heteroatoms. The number of aromatic nitrogens is 2. The fourth-order valence-corrected chi connectivity index (χ4v) is 4.12. The molecule has 0 bridgehead atoms. The van der Waals surface area contributed by atoms with Crippen LogP contribution in [0.15, 0.2) is 36.0 Å². The van der Waals surface area contributed by atoms with Gasteiger partial charge in [-0.25, -0.2) is 9.67 Å². The maximum atomic E-state index is 4.96. The van der Waals surface area contributed by atoms with Crippen LogP contribution >= 0.6 is 0 Å². The van der Waals surface area contributed by atoms with E-state index in [1.54, 1.807) is 0 Å². The molecule has 0 radical (unpaired) electrons. The third-order valence-electron chi connectivity index (χ3n) is 5.48. The van der Waals surface area contributed by atoms with E-state index < -0.39 is 0 Å². The molecule has 25 heavy (non-hydrogen) atoms. The summed E-state index contributed by atoms with van der Waals surface area (Å²) in [5.74, 6) is 2.71. The summed E-state index contributed by atoms with van der Waals surface area (Å²) >= 11 is 0. The summed E-state index contributed by atoms with van der Waals surface area (Å²) in [7, 11) is 0. The van der Waals surface area contributed by atoms with Crippen molar-refractivity contribution in [1.82, 2.24) is 15.1 Å². The predicted molar refractivity (Wildman–Crippen MR) is 104 cm³/mol. The highest BCUT2D eigenvalue weighted by Gasteiger charge is 2.25. The van der Waals surface area contributed by atoms with Gasteiger partial charge in [-0.2, -0.15) is 5.10 Å². The first-order valence-corrected chi connectivity index (χ1v) is 9.38. The Balaban J connectivity index is 1.77. The van der Waals surface area contributed by atoms with Gasteiger partial charge in [0.25, 0.3) is 0 Å². The van der Waals surface area contributed by atoms with Gasteiger partial charge in [-0.05, 0) is 30.4 Å². The third kappa shape index (κ3) is 2.90. The Kier molecular flexibility index (Phi) is 4.20. The van der Waals surface area contributed by atoms with E-state index in [4.69, 9.17) is 4.99 Å². The first-order chi connectivity index (χ1) is 12.2. The highest BCUT2D eigenvalue weighted by Crippen LogP contribution is 2.35. The van der Waals surface area contributed by atoms with Gasteiger partial charge in [-0.3, -0.25) is 0 Å². The number of aliphatic imine (C=N–C) groups is 1. The molecule has 0 spiro atoms. The van der Waals surface area contributed by atoms with Gasteiger partial charge in [0, 0.05) is 12.1 Å². The molecule has 1 aromatic carbocycles. The average molecular weight is 334 g/mol. The van der Waals surface area contributed by atoms with Gasteiger partial charge in [0.2, 0.25) is 0 Å². The van der Waals surface area contributed by atoms with Gasteiger partial charge >= 0.3 is 0 Å². The van der Waals surface area contributed by atoms with Gasteiger partial charge < -0.3 is 5.32 Å². The van der Waals surface area contributed by atoms with Crippen LogP contribution in [0.5, 0.6) is 0 Å². The number of nitrogens with zero attached hydrogens (tertiary/aromatic N) is 3. The van der Waals surface area contributed by atoms with Gasteiger partial charge in [-0.1, -0.05) is 57.4 Å². The molecule has 1 fully saturated rings. The lowest BCUT2D eigenvalue weighted by Crippen LogP contribution is -2.26. The SMILES string of the molecule is C=C1NC(CC2CCCC2)=Nc2c1cnn2-c1c(C)cccc1CC. The van der Waals surface area contributed by atoms with Crippen LogP contribution < -0.4 is 5.32 Å². The zero-order valence-corrected chi connectivity index (χ0v) is 15.2. The summed E-state index contributed by atoms with van der Waals surface area (Å²) in [5.41, 5.74) is 5.59. The second kappa shape index (κ2) is 6.51. The number of hydrogen-bond donors (Lipinski definition) is 1. The zero-order valence-electron chi connectivity index (χ0n) is 15.2. The molecule has 4 rings (SSSR count). The summed E-state index contributed by atoms with van der Waals surface area (Å²) in [5, 5.41) is 8.07. The second-order valence-corrected chi connectivity index (χ2v) is 7.25. The lowest BCUT2D eigenvalue weighted by Gasteiger charge is -2.21. The van der Waals surface area contributed by atoms with Crippen molar-refractivity contribution in [2.45, 2.75) is 52.4 Å². The number of rotatable bonds is 4. The van der Waals surface area contributed by atoms with E-state index >= 15 is 0 Å². The lowest BCUT2D eigenvalue weighted by atomic mass is 10.0. The minimum absolute atomic E-state index is 0.752. The molecule has 4 nitrogen and oxygen atoms in total. The first-order valence-electron chi connectivity index (χ1n) is 9.38. The second-order valence-electron chi connectivity index (χ2n) is 7.25. The predicted octanol–water partition coefficient (Wildman–Crippen LogP) is 4.93. The van der Waals surface area contributed by atoms with Crippen molar-refractivity contribution in [3.05, 3.63) is 47.7 Å². The molecule has 0 unspecified atom stereocenters. The minimum atomic E-state index is 0.752. The van der Waals surface area contributed by atoms with E-state index in [9.17, 15) is 0 Å². The van der Waals surface area contributed by atoms with Gasteiger partial charge in [-0.15, -0.1) is 0 Å². The van der Waals surface area contributed by atoms with Crippen LogP contribution in [0, 0.1) is 12.8 Å². The number of benzene rings is 1. The van der Waals surface area contributed by atoms with Crippen LogP contribution in [0.2, 0.25) is 0 Å². The molecule has 1 aliphatic heterocycles. The number of fused-ring (bicyclic) bond motifs is 1. The molecule has 2 aliphatic rings. The Morgan fingerprint density at radius 1 is 1.28 bits per heavy atom. The van der Waals surface area contributed by atoms with Crippen molar-refractivity contribution in [2.75, 3.05) is 0 Å². The molecule has 1 N–H and O–H groups in total. The standard InChI is InChI=1S/C21H26N4/c1-4-17-11-7-8-14(2)20(17)25-21-18(13-22-25)15(3)23-19(24-21)12-16-9-5-6-10-16/h7-8,11,13,16H,3-6,9-10,12H2,1-2H3,(H,23,24). The molecular weight excluding hydrogens is 308 g/mol. The van der Waals surface area contributed by atoms with Crippen LogP contribution in [0.3, 0.4) is 0 Å². The zero-order chi connectivity index (χ0) is 17.4. The maximum absolute atomic E-state index is 4.96. The van der Waals surface area contributed by atoms with Crippen LogP contribution in [-0.4, -0.2) is 15.6 Å². The van der Waals surface area contributed by atoms with Crippen LogP contribution in [0.4, 0.5) is 5.82 Å². The number of nitrogens with one attached hydrogen (secondary N) is 1. The Labute approximate surface area is 149 Å². The summed E-state index contributed by atoms with van der Waals surface area (Å²) in [4.78, 5) is 4.96. The Morgan fingerprint density at radius 3 is 2.84 bits per heavy atom. The van der Waals surface area contributed by atoms with Crippen LogP contribution in [0.25, 0.3) is 11.4 Å². The van der Waals surface area contributed by atoms with Gasteiger partial charge in [0.15, 0.2) is 5.82 Å². The number of hydrogen-bond acceptors (Lipinski definition) is 3. The molecule has 0 saturated heterocycles. The van der Waals surface area contributed by atoms with Crippen molar-refractivity contribution in [3.8, 4) is 5.69 Å². The molecule has 2 aromatic rings. The quantitative estimate of drug-likeness (QED) is 0.861. The Bertz CT molecular complexity index is 838. The van der Waals surface area contributed by atoms with Crippen LogP contribution in [-0.2, 0) is 6.42 Å². The van der Waals surface area contributed by atoms with Crippen molar-refractivity contribution < 1.29 is 0 Å². The van der Waals surface area contributed by atoms with E-state index in [1.807, 2.05) is 10.9 Å². The first kappa shape index (κ1) is 16.1. The minimum Gasteiger partial charge on any atom is -0.344 e. The van der Waals surface area contributed by atoms with Crippen molar-refractivity contribution in [2.24, 2.45) is 10.9 Å². The number of amidine groups is 1. The fraction of sp³-hybridized carbons (Fsp3) is 0.429. The van der Waals surface area contributed by atoms with Crippen molar-refractivity contribution >= 4 is 17.4 Å². The normalized spacial score (nSPS) is 17.4. The molecule has 0 atom stereocenters. The highest BCUT2D eigenvalue weighted by atomic mass is 15.3. The molecule has 2 heterocycles. The van der Waals surface area contributed by atoms with E-state index in [1.165, 1.54) is 36.8 Å². The third-order valence-corrected chi connectivity index (χ3v) is 5.48.